The monoisotopic (exact) mass is 766 g/mol. The Morgan fingerprint density at radius 3 is 0.873 bits per heavy atom. The Morgan fingerprint density at radius 1 is 0.345 bits per heavy atom. The van der Waals surface area contributed by atoms with Crippen molar-refractivity contribution >= 4 is 0 Å². The first-order valence-corrected chi connectivity index (χ1v) is 18.5. The summed E-state index contributed by atoms with van der Waals surface area (Å²) in [6, 6.07) is 24.7. The second kappa shape index (κ2) is 25.7. The van der Waals surface area contributed by atoms with Gasteiger partial charge in [-0.2, -0.15) is 0 Å². The van der Waals surface area contributed by atoms with Crippen LogP contribution in [0.3, 0.4) is 0 Å². The van der Waals surface area contributed by atoms with E-state index in [1.165, 1.54) is 81.8 Å². The first-order valence-electron chi connectivity index (χ1n) is 18.5. The van der Waals surface area contributed by atoms with Crippen molar-refractivity contribution in [2.75, 3.05) is 0 Å². The molecule has 1 aliphatic carbocycles. The van der Waals surface area contributed by atoms with E-state index in [1.807, 2.05) is 26.0 Å². The summed E-state index contributed by atoms with van der Waals surface area (Å²) in [5.74, 6) is -0.614. The summed E-state index contributed by atoms with van der Waals surface area (Å²) in [6.45, 7) is 22.4. The highest BCUT2D eigenvalue weighted by Gasteiger charge is 2.13. The Morgan fingerprint density at radius 2 is 0.600 bits per heavy atom. The molecular formula is C49H64F6. The maximum absolute atomic E-state index is 12.6. The summed E-state index contributed by atoms with van der Waals surface area (Å²) >= 11 is 0. The van der Waals surface area contributed by atoms with Crippen LogP contribution in [-0.2, 0) is 0 Å². The maximum Gasteiger partial charge on any atom is 0.161 e. The smallest absolute Gasteiger partial charge is 0.161 e. The van der Waals surface area contributed by atoms with Gasteiger partial charge in [0.25, 0.3) is 0 Å². The van der Waals surface area contributed by atoms with Gasteiger partial charge in [0.2, 0.25) is 0 Å². The normalized spacial score (nSPS) is 13.9. The summed E-state index contributed by atoms with van der Waals surface area (Å²) in [4.78, 5) is 0. The number of halogens is 6. The molecule has 1 aliphatic rings. The number of benzene rings is 5. The molecule has 0 atom stereocenters. The van der Waals surface area contributed by atoms with Gasteiger partial charge in [0, 0.05) is 5.56 Å². The molecule has 0 spiro atoms. The van der Waals surface area contributed by atoms with Gasteiger partial charge >= 0.3 is 0 Å². The zero-order valence-corrected chi connectivity index (χ0v) is 34.3. The molecule has 302 valence electrons. The molecule has 0 bridgehead atoms. The highest BCUT2D eigenvalue weighted by Crippen LogP contribution is 2.27. The van der Waals surface area contributed by atoms with E-state index >= 15 is 0 Å². The van der Waals surface area contributed by atoms with E-state index in [4.69, 9.17) is 0 Å². The van der Waals surface area contributed by atoms with Crippen LogP contribution in [0.4, 0.5) is 26.3 Å². The van der Waals surface area contributed by atoms with E-state index in [9.17, 15) is 26.3 Å². The van der Waals surface area contributed by atoms with E-state index in [1.54, 1.807) is 45.0 Å². The Labute approximate surface area is 329 Å². The van der Waals surface area contributed by atoms with Gasteiger partial charge in [-0.1, -0.05) is 119 Å². The van der Waals surface area contributed by atoms with Crippen molar-refractivity contribution in [3.63, 3.8) is 0 Å². The molecule has 0 N–H and O–H groups in total. The van der Waals surface area contributed by atoms with Gasteiger partial charge in [-0.15, -0.1) is 0 Å². The molecule has 55 heavy (non-hydrogen) atoms. The van der Waals surface area contributed by atoms with Gasteiger partial charge in [0.05, 0.1) is 0 Å². The molecule has 0 radical (unpaired) electrons. The third-order valence-corrected chi connectivity index (χ3v) is 9.07. The van der Waals surface area contributed by atoms with Crippen LogP contribution in [0.1, 0.15) is 103 Å². The molecule has 0 nitrogen and oxygen atoms in total. The predicted molar refractivity (Wildman–Crippen MR) is 223 cm³/mol. The molecule has 5 aromatic carbocycles. The molecular weight excluding hydrogens is 703 g/mol. The summed E-state index contributed by atoms with van der Waals surface area (Å²) in [5.41, 5.74) is 7.42. The van der Waals surface area contributed by atoms with Crippen LogP contribution >= 0.6 is 0 Å². The van der Waals surface area contributed by atoms with Gasteiger partial charge in [-0.05, 0) is 144 Å². The maximum atomic E-state index is 12.6. The molecule has 0 aromatic heterocycles. The topological polar surface area (TPSA) is 0 Å². The van der Waals surface area contributed by atoms with Crippen LogP contribution < -0.4 is 0 Å². The second-order valence-electron chi connectivity index (χ2n) is 14.7. The lowest BCUT2D eigenvalue weighted by Crippen LogP contribution is -2.08. The van der Waals surface area contributed by atoms with E-state index in [-0.39, 0.29) is 24.6 Å². The summed E-state index contributed by atoms with van der Waals surface area (Å²) in [5, 5.41) is 0. The Bertz CT molecular complexity index is 1720. The van der Waals surface area contributed by atoms with Crippen LogP contribution in [-0.4, -0.2) is 0 Å². The Hall–Kier alpha value is -4.32. The van der Waals surface area contributed by atoms with Crippen molar-refractivity contribution in [2.24, 2.45) is 11.8 Å². The third kappa shape index (κ3) is 20.3. The zero-order chi connectivity index (χ0) is 41.1. The minimum absolute atomic E-state index is 0. The van der Waals surface area contributed by atoms with Crippen molar-refractivity contribution in [2.45, 2.75) is 116 Å². The van der Waals surface area contributed by atoms with Gasteiger partial charge in [-0.25, -0.2) is 26.3 Å². The van der Waals surface area contributed by atoms with Crippen molar-refractivity contribution < 1.29 is 26.3 Å². The van der Waals surface area contributed by atoms with E-state index < -0.39 is 23.3 Å². The van der Waals surface area contributed by atoms with Gasteiger partial charge in [0.15, 0.2) is 11.6 Å². The molecule has 0 unspecified atom stereocenters. The lowest BCUT2D eigenvalue weighted by atomic mass is 9.84. The average molecular weight is 767 g/mol. The molecule has 0 aliphatic heterocycles. The van der Waals surface area contributed by atoms with E-state index in [0.717, 1.165) is 23.0 Å². The van der Waals surface area contributed by atoms with Crippen LogP contribution in [0.2, 0.25) is 0 Å². The van der Waals surface area contributed by atoms with Gasteiger partial charge in [0.1, 0.15) is 23.3 Å². The Kier molecular flexibility index (Phi) is 23.7. The minimum atomic E-state index is -0.736. The molecule has 6 heteroatoms. The highest BCUT2D eigenvalue weighted by molar-refractivity contribution is 5.25. The SMILES string of the molecule is C.CC1CCC(C)CC1.Cc1cc(F)c(C)c(F)c1.Cc1ccc(C)c(F)c1.Cc1ccc(C)c(F)c1.Cc1ccc(C)c(F)c1F.Cc1ccc(C)cc1. The number of hydrogen-bond acceptors (Lipinski definition) is 0. The quantitative estimate of drug-likeness (QED) is 0.138. The van der Waals surface area contributed by atoms with Crippen LogP contribution in [0.25, 0.3) is 0 Å². The summed E-state index contributed by atoms with van der Waals surface area (Å²) < 4.78 is 75.6. The van der Waals surface area contributed by atoms with Gasteiger partial charge in [-0.3, -0.25) is 0 Å². The molecule has 1 saturated carbocycles. The average Bonchev–Trinajstić information content (AvgIpc) is 3.12. The first kappa shape index (κ1) is 50.7. The zero-order valence-electron chi connectivity index (χ0n) is 34.3. The fourth-order valence-electron chi connectivity index (χ4n) is 4.97. The number of aryl methyl sites for hydroxylation is 9. The van der Waals surface area contributed by atoms with E-state index in [2.05, 4.69) is 52.0 Å². The molecule has 1 fully saturated rings. The molecule has 6 rings (SSSR count). The predicted octanol–water partition coefficient (Wildman–Crippen LogP) is 15.8. The van der Waals surface area contributed by atoms with Crippen molar-refractivity contribution in [3.05, 3.63) is 175 Å². The third-order valence-electron chi connectivity index (χ3n) is 9.07. The minimum Gasteiger partial charge on any atom is -0.207 e. The lowest BCUT2D eigenvalue weighted by molar-refractivity contribution is 0.308. The largest absolute Gasteiger partial charge is 0.207 e. The molecule has 0 amide bonds. The van der Waals surface area contributed by atoms with Crippen molar-refractivity contribution in [1.29, 1.82) is 0 Å². The van der Waals surface area contributed by atoms with E-state index in [0.29, 0.717) is 27.8 Å². The fourth-order valence-corrected chi connectivity index (χ4v) is 4.97. The number of rotatable bonds is 0. The van der Waals surface area contributed by atoms with Crippen molar-refractivity contribution in [3.8, 4) is 0 Å². The summed E-state index contributed by atoms with van der Waals surface area (Å²) in [6.07, 6.45) is 5.89. The fraction of sp³-hybridized carbons (Fsp3) is 0.388. The molecule has 0 heterocycles. The Balaban J connectivity index is 0.000000635. The first-order chi connectivity index (χ1) is 25.2. The van der Waals surface area contributed by atoms with Crippen LogP contribution in [0, 0.1) is 116 Å². The molecule has 0 saturated heterocycles. The standard InChI is InChI=1S/2C8H8F2.2C8H9F.C8H16.C8H10.CH4/c1-5-3-7(9)6(2)8(10)4-5;1-5-3-4-6(2)8(10)7(5)9;2*1-6-3-4-7(2)8(9)5-6;2*1-7-3-5-8(2)6-4-7;/h2*3-4H,1-2H3;2*3-5H,1-2H3;7-8H,3-6H2,1-2H3;3-6H,1-2H3;1H4. The second-order valence-corrected chi connectivity index (χ2v) is 14.7. The number of hydrogen-bond donors (Lipinski definition) is 0. The lowest BCUT2D eigenvalue weighted by Gasteiger charge is -2.22. The van der Waals surface area contributed by atoms with Crippen LogP contribution in [0.15, 0.2) is 84.9 Å². The van der Waals surface area contributed by atoms with Crippen LogP contribution in [0.5, 0.6) is 0 Å². The summed E-state index contributed by atoms with van der Waals surface area (Å²) in [7, 11) is 0. The van der Waals surface area contributed by atoms with Crippen molar-refractivity contribution in [1.82, 2.24) is 0 Å². The highest BCUT2D eigenvalue weighted by atomic mass is 19.2. The van der Waals surface area contributed by atoms with Gasteiger partial charge < -0.3 is 0 Å². The molecule has 5 aromatic rings.